The molecule has 5 rings (SSSR count). The standard InChI is InChI=1S/C26H26N8O4/c1-16(35)29-17-5-4-6-20(13-17)37-23-14-22-21(15-28-23)30-26(24-25(27)32-38-31-24)34(22)18-7-9-19(10-8-18)36-12-11-33(2)3/h4-10,13-15H,11-12H2,1-3H3,(H2,27,32)(H,29,35). The highest BCUT2D eigenvalue weighted by Crippen LogP contribution is 2.33. The lowest BCUT2D eigenvalue weighted by Gasteiger charge is -2.12. The van der Waals surface area contributed by atoms with Crippen LogP contribution in [0, 0.1) is 0 Å². The third-order valence-corrected chi connectivity index (χ3v) is 5.52. The van der Waals surface area contributed by atoms with Gasteiger partial charge in [-0.2, -0.15) is 0 Å². The molecule has 0 unspecified atom stereocenters. The number of hydrogen-bond donors (Lipinski definition) is 2. The number of likely N-dealkylation sites (N-methyl/N-ethyl adjacent to an activating group) is 1. The summed E-state index contributed by atoms with van der Waals surface area (Å²) in [4.78, 5) is 22.6. The van der Waals surface area contributed by atoms with E-state index < -0.39 is 0 Å². The Hall–Kier alpha value is -4.97. The molecule has 2 aromatic carbocycles. The van der Waals surface area contributed by atoms with E-state index in [0.717, 1.165) is 18.0 Å². The summed E-state index contributed by atoms with van der Waals surface area (Å²) >= 11 is 0. The molecule has 0 radical (unpaired) electrons. The number of pyridine rings is 1. The summed E-state index contributed by atoms with van der Waals surface area (Å²) in [6.45, 7) is 2.82. The van der Waals surface area contributed by atoms with Crippen molar-refractivity contribution in [1.29, 1.82) is 0 Å². The number of amides is 1. The van der Waals surface area contributed by atoms with Gasteiger partial charge in [-0.3, -0.25) is 9.36 Å². The summed E-state index contributed by atoms with van der Waals surface area (Å²) < 4.78 is 18.6. The molecular weight excluding hydrogens is 488 g/mol. The first-order chi connectivity index (χ1) is 18.4. The van der Waals surface area contributed by atoms with Crippen LogP contribution < -0.4 is 20.5 Å². The first kappa shape index (κ1) is 24.7. The van der Waals surface area contributed by atoms with E-state index in [4.69, 9.17) is 24.8 Å². The lowest BCUT2D eigenvalue weighted by molar-refractivity contribution is -0.114. The van der Waals surface area contributed by atoms with E-state index in [-0.39, 0.29) is 11.7 Å². The molecule has 0 aliphatic heterocycles. The second kappa shape index (κ2) is 10.6. The van der Waals surface area contributed by atoms with Gasteiger partial charge < -0.3 is 25.4 Å². The van der Waals surface area contributed by atoms with Crippen molar-refractivity contribution in [2.45, 2.75) is 6.92 Å². The molecule has 38 heavy (non-hydrogen) atoms. The predicted octanol–water partition coefficient (Wildman–Crippen LogP) is 3.74. The van der Waals surface area contributed by atoms with Gasteiger partial charge >= 0.3 is 0 Å². The van der Waals surface area contributed by atoms with E-state index in [1.807, 2.05) is 42.9 Å². The summed E-state index contributed by atoms with van der Waals surface area (Å²) in [7, 11) is 3.99. The van der Waals surface area contributed by atoms with Gasteiger partial charge in [-0.15, -0.1) is 0 Å². The molecule has 5 aromatic rings. The molecule has 12 nitrogen and oxygen atoms in total. The number of nitrogens with one attached hydrogen (secondary N) is 1. The maximum atomic E-state index is 11.4. The van der Waals surface area contributed by atoms with Crippen molar-refractivity contribution < 1.29 is 18.9 Å². The fourth-order valence-corrected chi connectivity index (χ4v) is 3.79. The number of aromatic nitrogens is 5. The van der Waals surface area contributed by atoms with E-state index in [0.29, 0.717) is 46.5 Å². The topological polar surface area (TPSA) is 146 Å². The van der Waals surface area contributed by atoms with Gasteiger partial charge in [0.25, 0.3) is 0 Å². The number of rotatable bonds is 9. The van der Waals surface area contributed by atoms with E-state index in [2.05, 4.69) is 25.5 Å². The molecule has 1 amide bonds. The number of anilines is 2. The quantitative estimate of drug-likeness (QED) is 0.298. The first-order valence-corrected chi connectivity index (χ1v) is 11.8. The molecule has 0 spiro atoms. The number of ether oxygens (including phenoxy) is 2. The number of hydrogen-bond acceptors (Lipinski definition) is 10. The van der Waals surface area contributed by atoms with Crippen LogP contribution in [0.25, 0.3) is 28.2 Å². The molecule has 0 atom stereocenters. The number of benzene rings is 2. The van der Waals surface area contributed by atoms with Crippen LogP contribution in [0.3, 0.4) is 0 Å². The second-order valence-corrected chi connectivity index (χ2v) is 8.74. The Kier molecular flexibility index (Phi) is 6.87. The SMILES string of the molecule is CC(=O)Nc1cccc(Oc2cc3c(cn2)nc(-c2nonc2N)n3-c2ccc(OCCN(C)C)cc2)c1. The summed E-state index contributed by atoms with van der Waals surface area (Å²) in [5.74, 6) is 1.97. The molecule has 12 heteroatoms. The number of imidazole rings is 1. The predicted molar refractivity (Wildman–Crippen MR) is 141 cm³/mol. The van der Waals surface area contributed by atoms with Crippen molar-refractivity contribution in [2.24, 2.45) is 0 Å². The number of nitrogens with zero attached hydrogens (tertiary/aromatic N) is 6. The van der Waals surface area contributed by atoms with E-state index in [1.54, 1.807) is 36.5 Å². The largest absolute Gasteiger partial charge is 0.492 e. The van der Waals surface area contributed by atoms with Crippen LogP contribution in [0.15, 0.2) is 65.4 Å². The molecule has 3 N–H and O–H groups in total. The monoisotopic (exact) mass is 514 g/mol. The Morgan fingerprint density at radius 3 is 2.63 bits per heavy atom. The normalized spacial score (nSPS) is 11.2. The van der Waals surface area contributed by atoms with Gasteiger partial charge in [0.1, 0.15) is 23.6 Å². The highest BCUT2D eigenvalue weighted by Gasteiger charge is 2.21. The summed E-state index contributed by atoms with van der Waals surface area (Å²) in [5, 5.41) is 10.4. The lowest BCUT2D eigenvalue weighted by Crippen LogP contribution is -2.19. The zero-order chi connectivity index (χ0) is 26.6. The van der Waals surface area contributed by atoms with Crippen LogP contribution in [0.5, 0.6) is 17.4 Å². The molecule has 0 aliphatic carbocycles. The molecule has 0 bridgehead atoms. The van der Waals surface area contributed by atoms with E-state index in [1.165, 1.54) is 6.92 Å². The van der Waals surface area contributed by atoms with Crippen molar-refractivity contribution in [2.75, 3.05) is 38.3 Å². The molecular formula is C26H26N8O4. The zero-order valence-corrected chi connectivity index (χ0v) is 21.1. The van der Waals surface area contributed by atoms with Gasteiger partial charge in [0.05, 0.1) is 11.7 Å². The van der Waals surface area contributed by atoms with Gasteiger partial charge in [0.2, 0.25) is 11.8 Å². The highest BCUT2D eigenvalue weighted by molar-refractivity contribution is 5.89. The number of carbonyl (C=O) groups excluding carboxylic acids is 1. The third kappa shape index (κ3) is 5.39. The van der Waals surface area contributed by atoms with E-state index in [9.17, 15) is 4.79 Å². The fourth-order valence-electron chi connectivity index (χ4n) is 3.79. The van der Waals surface area contributed by atoms with Crippen molar-refractivity contribution >= 4 is 28.4 Å². The zero-order valence-electron chi connectivity index (χ0n) is 21.1. The Morgan fingerprint density at radius 1 is 1.11 bits per heavy atom. The van der Waals surface area contributed by atoms with Gasteiger partial charge in [-0.05, 0) is 60.8 Å². The van der Waals surface area contributed by atoms with E-state index >= 15 is 0 Å². The van der Waals surface area contributed by atoms with Crippen molar-refractivity contribution in [3.63, 3.8) is 0 Å². The summed E-state index contributed by atoms with van der Waals surface area (Å²) in [6.07, 6.45) is 1.60. The smallest absolute Gasteiger partial charge is 0.221 e. The minimum Gasteiger partial charge on any atom is -0.492 e. The molecule has 0 fully saturated rings. The maximum absolute atomic E-state index is 11.4. The third-order valence-electron chi connectivity index (χ3n) is 5.52. The van der Waals surface area contributed by atoms with Crippen LogP contribution in [-0.4, -0.2) is 62.9 Å². The molecule has 0 saturated heterocycles. The van der Waals surface area contributed by atoms with Gasteiger partial charge in [0, 0.05) is 37.0 Å². The molecule has 3 aromatic heterocycles. The maximum Gasteiger partial charge on any atom is 0.221 e. The van der Waals surface area contributed by atoms with Crippen molar-refractivity contribution in [3.05, 3.63) is 60.8 Å². The Morgan fingerprint density at radius 2 is 1.92 bits per heavy atom. The van der Waals surface area contributed by atoms with Crippen LogP contribution in [0.1, 0.15) is 6.92 Å². The number of fused-ring (bicyclic) bond motifs is 1. The highest BCUT2D eigenvalue weighted by atomic mass is 16.6. The Labute approximate surface area is 218 Å². The van der Waals surface area contributed by atoms with Crippen molar-refractivity contribution in [1.82, 2.24) is 29.7 Å². The molecule has 3 heterocycles. The average Bonchev–Trinajstić information content (AvgIpc) is 3.47. The lowest BCUT2D eigenvalue weighted by atomic mass is 10.2. The first-order valence-electron chi connectivity index (χ1n) is 11.8. The van der Waals surface area contributed by atoms with Crippen LogP contribution in [-0.2, 0) is 4.79 Å². The molecule has 0 saturated carbocycles. The van der Waals surface area contributed by atoms with Gasteiger partial charge in [-0.25, -0.2) is 14.6 Å². The average molecular weight is 515 g/mol. The van der Waals surface area contributed by atoms with Gasteiger partial charge in [-0.1, -0.05) is 6.07 Å². The Balaban J connectivity index is 1.53. The fraction of sp³-hybridized carbons (Fsp3) is 0.192. The number of nitrogen functional groups attached to an aromatic ring is 1. The summed E-state index contributed by atoms with van der Waals surface area (Å²) in [5.41, 5.74) is 9.01. The van der Waals surface area contributed by atoms with Gasteiger partial charge in [0.15, 0.2) is 17.3 Å². The summed E-state index contributed by atoms with van der Waals surface area (Å²) in [6, 6.07) is 16.4. The van der Waals surface area contributed by atoms with Crippen LogP contribution in [0.2, 0.25) is 0 Å². The minimum atomic E-state index is -0.172. The number of nitrogens with two attached hydrogens (primary N) is 1. The second-order valence-electron chi connectivity index (χ2n) is 8.74. The van der Waals surface area contributed by atoms with Crippen LogP contribution in [0.4, 0.5) is 11.5 Å². The Bertz CT molecular complexity index is 1580. The number of carbonyl (C=O) groups is 1. The van der Waals surface area contributed by atoms with Crippen LogP contribution >= 0.6 is 0 Å². The molecule has 194 valence electrons. The van der Waals surface area contributed by atoms with Crippen molar-refractivity contribution in [3.8, 4) is 34.6 Å². The molecule has 0 aliphatic rings. The minimum absolute atomic E-state index is 0.115.